The third-order valence-electron chi connectivity index (χ3n) is 2.27. The Morgan fingerprint density at radius 2 is 1.63 bits per heavy atom. The average Bonchev–Trinajstić information content (AvgIpc) is 2.37. The molecule has 0 aromatic heterocycles. The molecule has 0 spiro atoms. The van der Waals surface area contributed by atoms with Gasteiger partial charge < -0.3 is 5.11 Å². The molecular formula is C12H10N2O4S. The predicted molar refractivity (Wildman–Crippen MR) is 68.5 cm³/mol. The maximum atomic E-state index is 10.9. The smallest absolute Gasteiger partial charge is 0.294 e. The number of rotatable bonds is 3. The average molecular weight is 278 g/mol. The molecule has 0 saturated heterocycles. The quantitative estimate of drug-likeness (QED) is 0.665. The van der Waals surface area contributed by atoms with Crippen LogP contribution in [0.4, 0.5) is 11.4 Å². The van der Waals surface area contributed by atoms with Crippen molar-refractivity contribution in [3.63, 3.8) is 0 Å². The van der Waals surface area contributed by atoms with Crippen molar-refractivity contribution < 1.29 is 18.1 Å². The number of benzene rings is 2. The van der Waals surface area contributed by atoms with Crippen LogP contribution in [0, 0.1) is 0 Å². The molecule has 0 saturated carbocycles. The summed E-state index contributed by atoms with van der Waals surface area (Å²) >= 11 is 0. The van der Waals surface area contributed by atoms with Crippen molar-refractivity contribution in [3.05, 3.63) is 48.5 Å². The standard InChI is InChI=1S/C12H10N2O4S/c15-12-8-10(19(16,17)18)6-7-11(12)14-13-9-4-2-1-3-5-9/h1-8,15H,(H,16,17,18). The van der Waals surface area contributed by atoms with Crippen LogP contribution in [0.15, 0.2) is 63.7 Å². The van der Waals surface area contributed by atoms with E-state index in [1.807, 2.05) is 6.07 Å². The summed E-state index contributed by atoms with van der Waals surface area (Å²) in [4.78, 5) is -0.399. The SMILES string of the molecule is O=S(=O)(O)c1ccc(N=Nc2ccccc2)c(O)c1. The van der Waals surface area contributed by atoms with Gasteiger partial charge in [0.2, 0.25) is 0 Å². The summed E-state index contributed by atoms with van der Waals surface area (Å²) in [6.45, 7) is 0. The van der Waals surface area contributed by atoms with Crippen LogP contribution in [0.3, 0.4) is 0 Å². The van der Waals surface area contributed by atoms with Gasteiger partial charge in [-0.1, -0.05) is 18.2 Å². The van der Waals surface area contributed by atoms with Crippen LogP contribution in [0.5, 0.6) is 5.75 Å². The number of nitrogens with zero attached hydrogens (tertiary/aromatic N) is 2. The van der Waals surface area contributed by atoms with Crippen molar-refractivity contribution in [2.24, 2.45) is 10.2 Å². The number of phenolic OH excluding ortho intramolecular Hbond substituents is 1. The van der Waals surface area contributed by atoms with Gasteiger partial charge in [0.05, 0.1) is 10.6 Å². The van der Waals surface area contributed by atoms with E-state index in [1.165, 1.54) is 6.07 Å². The molecule has 2 aromatic carbocycles. The molecule has 2 N–H and O–H groups in total. The number of aromatic hydroxyl groups is 1. The van der Waals surface area contributed by atoms with Crippen molar-refractivity contribution >= 4 is 21.5 Å². The van der Waals surface area contributed by atoms with E-state index < -0.39 is 15.0 Å². The Labute approximate surface area is 109 Å². The van der Waals surface area contributed by atoms with Gasteiger partial charge in [-0.3, -0.25) is 4.55 Å². The molecule has 0 fully saturated rings. The van der Waals surface area contributed by atoms with Crippen LogP contribution in [0.1, 0.15) is 0 Å². The number of phenols is 1. The van der Waals surface area contributed by atoms with Gasteiger partial charge in [-0.2, -0.15) is 13.5 Å². The summed E-state index contributed by atoms with van der Waals surface area (Å²) in [5.41, 5.74) is 0.706. The molecule has 0 atom stereocenters. The van der Waals surface area contributed by atoms with Gasteiger partial charge in [-0.25, -0.2) is 0 Å². The lowest BCUT2D eigenvalue weighted by Gasteiger charge is -2.00. The molecule has 7 heteroatoms. The Morgan fingerprint density at radius 1 is 0.947 bits per heavy atom. The van der Waals surface area contributed by atoms with E-state index in [-0.39, 0.29) is 11.4 Å². The minimum atomic E-state index is -4.34. The van der Waals surface area contributed by atoms with E-state index in [9.17, 15) is 13.5 Å². The minimum Gasteiger partial charge on any atom is -0.506 e. The lowest BCUT2D eigenvalue weighted by Crippen LogP contribution is -1.96. The number of hydrogen-bond donors (Lipinski definition) is 2. The summed E-state index contributed by atoms with van der Waals surface area (Å²) in [5, 5.41) is 17.3. The normalized spacial score (nSPS) is 11.8. The molecule has 98 valence electrons. The van der Waals surface area contributed by atoms with Crippen LogP contribution in [0.2, 0.25) is 0 Å². The summed E-state index contributed by atoms with van der Waals surface area (Å²) in [6.07, 6.45) is 0. The molecule has 0 heterocycles. The largest absolute Gasteiger partial charge is 0.506 e. The van der Waals surface area contributed by atoms with Crippen LogP contribution in [0.25, 0.3) is 0 Å². The van der Waals surface area contributed by atoms with Crippen LogP contribution in [-0.2, 0) is 10.1 Å². The van der Waals surface area contributed by atoms with Gasteiger partial charge in [-0.15, -0.1) is 5.11 Å². The van der Waals surface area contributed by atoms with Crippen LogP contribution >= 0.6 is 0 Å². The highest BCUT2D eigenvalue weighted by Crippen LogP contribution is 2.30. The van der Waals surface area contributed by atoms with Gasteiger partial charge in [0.1, 0.15) is 11.4 Å². The molecule has 0 aliphatic carbocycles. The fourth-order valence-corrected chi connectivity index (χ4v) is 1.86. The highest BCUT2D eigenvalue weighted by atomic mass is 32.2. The number of hydrogen-bond acceptors (Lipinski definition) is 5. The van der Waals surface area contributed by atoms with E-state index in [4.69, 9.17) is 4.55 Å². The van der Waals surface area contributed by atoms with Crippen molar-refractivity contribution in [1.29, 1.82) is 0 Å². The molecule has 0 aliphatic rings. The Bertz CT molecular complexity index is 712. The van der Waals surface area contributed by atoms with Crippen LogP contribution in [-0.4, -0.2) is 18.1 Å². The molecule has 0 aliphatic heterocycles. The minimum absolute atomic E-state index is 0.108. The summed E-state index contributed by atoms with van der Waals surface area (Å²) in [5.74, 6) is -0.380. The molecule has 19 heavy (non-hydrogen) atoms. The van der Waals surface area contributed by atoms with Crippen molar-refractivity contribution in [2.45, 2.75) is 4.90 Å². The van der Waals surface area contributed by atoms with Crippen molar-refractivity contribution in [3.8, 4) is 5.75 Å². The summed E-state index contributed by atoms with van der Waals surface area (Å²) in [7, 11) is -4.34. The first kappa shape index (κ1) is 13.2. The first-order valence-electron chi connectivity index (χ1n) is 5.24. The Balaban J connectivity index is 2.30. The molecule has 0 bridgehead atoms. The number of azo groups is 1. The molecule has 6 nitrogen and oxygen atoms in total. The third kappa shape index (κ3) is 3.36. The monoisotopic (exact) mass is 278 g/mol. The second kappa shape index (κ2) is 5.17. The van der Waals surface area contributed by atoms with E-state index in [0.717, 1.165) is 12.1 Å². The van der Waals surface area contributed by atoms with Gasteiger partial charge in [0.15, 0.2) is 0 Å². The fourth-order valence-electron chi connectivity index (χ4n) is 1.35. The molecule has 0 radical (unpaired) electrons. The van der Waals surface area contributed by atoms with E-state index in [2.05, 4.69) is 10.2 Å². The Morgan fingerprint density at radius 3 is 2.21 bits per heavy atom. The topological polar surface area (TPSA) is 99.3 Å². The van der Waals surface area contributed by atoms with E-state index in [1.54, 1.807) is 24.3 Å². The predicted octanol–water partition coefficient (Wildman–Crippen LogP) is 3.05. The van der Waals surface area contributed by atoms with E-state index >= 15 is 0 Å². The van der Waals surface area contributed by atoms with Crippen molar-refractivity contribution in [1.82, 2.24) is 0 Å². The summed E-state index contributed by atoms with van der Waals surface area (Å²) < 4.78 is 30.6. The lowest BCUT2D eigenvalue weighted by molar-refractivity contribution is 0.467. The zero-order valence-electron chi connectivity index (χ0n) is 9.63. The first-order valence-corrected chi connectivity index (χ1v) is 6.68. The van der Waals surface area contributed by atoms with Crippen molar-refractivity contribution in [2.75, 3.05) is 0 Å². The zero-order valence-corrected chi connectivity index (χ0v) is 10.4. The first-order chi connectivity index (χ1) is 8.97. The molecule has 0 unspecified atom stereocenters. The maximum absolute atomic E-state index is 10.9. The second-order valence-corrected chi connectivity index (χ2v) is 5.08. The summed E-state index contributed by atoms with van der Waals surface area (Å²) in [6, 6.07) is 12.2. The fraction of sp³-hybridized carbons (Fsp3) is 0. The van der Waals surface area contributed by atoms with Gasteiger partial charge >= 0.3 is 0 Å². The van der Waals surface area contributed by atoms with Crippen LogP contribution < -0.4 is 0 Å². The second-order valence-electron chi connectivity index (χ2n) is 3.66. The molecular weight excluding hydrogens is 268 g/mol. The van der Waals surface area contributed by atoms with Gasteiger partial charge in [0, 0.05) is 6.07 Å². The lowest BCUT2D eigenvalue weighted by atomic mass is 10.3. The zero-order chi connectivity index (χ0) is 13.9. The third-order valence-corrected chi connectivity index (χ3v) is 3.12. The molecule has 2 rings (SSSR count). The Kier molecular flexibility index (Phi) is 3.59. The highest BCUT2D eigenvalue weighted by molar-refractivity contribution is 7.85. The van der Waals surface area contributed by atoms with Gasteiger partial charge in [0.25, 0.3) is 10.1 Å². The molecule has 2 aromatic rings. The van der Waals surface area contributed by atoms with Gasteiger partial charge in [-0.05, 0) is 24.3 Å². The van der Waals surface area contributed by atoms with E-state index in [0.29, 0.717) is 5.69 Å². The molecule has 0 amide bonds. The highest BCUT2D eigenvalue weighted by Gasteiger charge is 2.12. The Hall–Kier alpha value is -2.25. The maximum Gasteiger partial charge on any atom is 0.294 e.